The second kappa shape index (κ2) is 4.32. The van der Waals surface area contributed by atoms with Gasteiger partial charge in [-0.3, -0.25) is 0 Å². The van der Waals surface area contributed by atoms with Gasteiger partial charge in [0.2, 0.25) is 0 Å². The summed E-state index contributed by atoms with van der Waals surface area (Å²) in [5.74, 6) is 0.862. The van der Waals surface area contributed by atoms with Gasteiger partial charge in [0, 0.05) is 17.1 Å². The molecule has 4 rings (SSSR count). The van der Waals surface area contributed by atoms with Crippen molar-refractivity contribution >= 4 is 33.4 Å². The Bertz CT molecular complexity index is 894. The first kappa shape index (κ1) is 11.4. The number of para-hydroxylation sites is 2. The fourth-order valence-electron chi connectivity index (χ4n) is 2.38. The van der Waals surface area contributed by atoms with Gasteiger partial charge in [0.15, 0.2) is 0 Å². The Kier molecular flexibility index (Phi) is 2.47. The van der Waals surface area contributed by atoms with Crippen molar-refractivity contribution in [2.45, 2.75) is 0 Å². The summed E-state index contributed by atoms with van der Waals surface area (Å²) in [5.41, 5.74) is 3.04. The molecular weight excluding hydrogens is 270 g/mol. The Morgan fingerprint density at radius 3 is 2.80 bits per heavy atom. The predicted octanol–water partition coefficient (Wildman–Crippen LogP) is 4.43. The highest BCUT2D eigenvalue weighted by atomic mass is 35.5. The van der Waals surface area contributed by atoms with E-state index < -0.39 is 0 Å². The van der Waals surface area contributed by atoms with Gasteiger partial charge in [-0.05, 0) is 29.7 Å². The van der Waals surface area contributed by atoms with E-state index in [4.69, 9.17) is 11.6 Å². The lowest BCUT2D eigenvalue weighted by Gasteiger charge is -2.02. The largest absolute Gasteiger partial charge is 0.338 e. The van der Waals surface area contributed by atoms with Gasteiger partial charge in [0.05, 0.1) is 11.0 Å². The molecule has 0 aliphatic rings. The van der Waals surface area contributed by atoms with E-state index in [1.807, 2.05) is 42.5 Å². The van der Waals surface area contributed by atoms with E-state index in [-0.39, 0.29) is 0 Å². The van der Waals surface area contributed by atoms with Crippen LogP contribution in [0.5, 0.6) is 0 Å². The van der Waals surface area contributed by atoms with Gasteiger partial charge in [0.1, 0.15) is 11.0 Å². The van der Waals surface area contributed by atoms with Crippen LogP contribution in [-0.2, 0) is 0 Å². The van der Waals surface area contributed by atoms with Crippen LogP contribution in [0.1, 0.15) is 0 Å². The normalized spacial score (nSPS) is 11.2. The van der Waals surface area contributed by atoms with Gasteiger partial charge in [-0.15, -0.1) is 0 Å². The SMILES string of the molecule is Clc1nccc2cc(-c3nc4ccccc4[nH]3)ccc12. The molecule has 0 bridgehead atoms. The summed E-state index contributed by atoms with van der Waals surface area (Å²) in [6, 6.07) is 16.0. The van der Waals surface area contributed by atoms with Crippen molar-refractivity contribution in [1.29, 1.82) is 0 Å². The third-order valence-corrected chi connectivity index (χ3v) is 3.68. The fourth-order valence-corrected chi connectivity index (χ4v) is 2.61. The molecule has 4 aromatic rings. The van der Waals surface area contributed by atoms with Gasteiger partial charge in [-0.2, -0.15) is 0 Å². The highest BCUT2D eigenvalue weighted by Gasteiger charge is 2.07. The zero-order valence-corrected chi connectivity index (χ0v) is 11.2. The highest BCUT2D eigenvalue weighted by molar-refractivity contribution is 6.34. The van der Waals surface area contributed by atoms with Crippen LogP contribution in [0.25, 0.3) is 33.2 Å². The summed E-state index contributed by atoms with van der Waals surface area (Å²) in [4.78, 5) is 12.0. The predicted molar refractivity (Wildman–Crippen MR) is 81.8 cm³/mol. The van der Waals surface area contributed by atoms with Crippen LogP contribution in [0.2, 0.25) is 5.15 Å². The molecule has 3 nitrogen and oxygen atoms in total. The monoisotopic (exact) mass is 279 g/mol. The average molecular weight is 280 g/mol. The molecule has 0 spiro atoms. The Balaban J connectivity index is 1.93. The molecule has 2 aromatic heterocycles. The lowest BCUT2D eigenvalue weighted by molar-refractivity contribution is 1.33. The van der Waals surface area contributed by atoms with E-state index in [0.29, 0.717) is 5.15 Å². The lowest BCUT2D eigenvalue weighted by atomic mass is 10.1. The second-order valence-corrected chi connectivity index (χ2v) is 5.00. The third-order valence-electron chi connectivity index (χ3n) is 3.38. The van der Waals surface area contributed by atoms with E-state index in [2.05, 4.69) is 21.0 Å². The number of pyridine rings is 1. The minimum absolute atomic E-state index is 0.527. The summed E-state index contributed by atoms with van der Waals surface area (Å²) in [7, 11) is 0. The molecule has 4 heteroatoms. The number of fused-ring (bicyclic) bond motifs is 2. The first-order chi connectivity index (χ1) is 9.81. The molecule has 0 aliphatic heterocycles. The number of imidazole rings is 1. The summed E-state index contributed by atoms with van der Waals surface area (Å²) >= 11 is 6.09. The maximum absolute atomic E-state index is 6.09. The van der Waals surface area contributed by atoms with Crippen molar-refractivity contribution < 1.29 is 0 Å². The Morgan fingerprint density at radius 2 is 1.90 bits per heavy atom. The highest BCUT2D eigenvalue weighted by Crippen LogP contribution is 2.27. The molecular formula is C16H10ClN3. The van der Waals surface area contributed by atoms with Gasteiger partial charge in [0.25, 0.3) is 0 Å². The Morgan fingerprint density at radius 1 is 1.00 bits per heavy atom. The molecule has 0 saturated carbocycles. The zero-order valence-electron chi connectivity index (χ0n) is 10.5. The smallest absolute Gasteiger partial charge is 0.138 e. The van der Waals surface area contributed by atoms with Crippen LogP contribution < -0.4 is 0 Å². The van der Waals surface area contributed by atoms with Crippen molar-refractivity contribution in [1.82, 2.24) is 15.0 Å². The number of hydrogen-bond acceptors (Lipinski definition) is 2. The lowest BCUT2D eigenvalue weighted by Crippen LogP contribution is -1.83. The minimum Gasteiger partial charge on any atom is -0.338 e. The average Bonchev–Trinajstić information content (AvgIpc) is 2.91. The van der Waals surface area contributed by atoms with Crippen LogP contribution >= 0.6 is 11.6 Å². The fraction of sp³-hybridized carbons (Fsp3) is 0. The maximum Gasteiger partial charge on any atom is 0.138 e. The van der Waals surface area contributed by atoms with Crippen molar-refractivity contribution in [2.75, 3.05) is 0 Å². The summed E-state index contributed by atoms with van der Waals surface area (Å²) in [6.07, 6.45) is 1.72. The summed E-state index contributed by atoms with van der Waals surface area (Å²) in [5, 5.41) is 2.54. The number of aromatic nitrogens is 3. The quantitative estimate of drug-likeness (QED) is 0.524. The van der Waals surface area contributed by atoms with E-state index in [1.165, 1.54) is 0 Å². The first-order valence-corrected chi connectivity index (χ1v) is 6.68. The van der Waals surface area contributed by atoms with Crippen molar-refractivity contribution in [3.05, 3.63) is 59.9 Å². The molecule has 0 atom stereocenters. The number of nitrogens with one attached hydrogen (secondary N) is 1. The summed E-state index contributed by atoms with van der Waals surface area (Å²) < 4.78 is 0. The molecule has 0 amide bonds. The molecule has 0 unspecified atom stereocenters. The molecule has 0 fully saturated rings. The number of halogens is 1. The number of benzene rings is 2. The molecule has 96 valence electrons. The Labute approximate surface area is 120 Å². The first-order valence-electron chi connectivity index (χ1n) is 6.31. The van der Waals surface area contributed by atoms with Crippen LogP contribution in [-0.4, -0.2) is 15.0 Å². The third kappa shape index (κ3) is 1.75. The van der Waals surface area contributed by atoms with Crippen molar-refractivity contribution in [3.8, 4) is 11.4 Å². The van der Waals surface area contributed by atoms with E-state index >= 15 is 0 Å². The molecule has 1 N–H and O–H groups in total. The van der Waals surface area contributed by atoms with Crippen LogP contribution in [0.4, 0.5) is 0 Å². The topological polar surface area (TPSA) is 41.6 Å². The Hall–Kier alpha value is -2.39. The number of hydrogen-bond donors (Lipinski definition) is 1. The number of H-pyrrole nitrogens is 1. The molecule has 20 heavy (non-hydrogen) atoms. The molecule has 2 heterocycles. The van der Waals surface area contributed by atoms with Crippen LogP contribution in [0.15, 0.2) is 54.7 Å². The van der Waals surface area contributed by atoms with Crippen LogP contribution in [0, 0.1) is 0 Å². The van der Waals surface area contributed by atoms with Gasteiger partial charge >= 0.3 is 0 Å². The molecule has 0 radical (unpaired) electrons. The molecule has 0 saturated heterocycles. The minimum atomic E-state index is 0.527. The number of aromatic amines is 1. The number of nitrogens with zero attached hydrogens (tertiary/aromatic N) is 2. The maximum atomic E-state index is 6.09. The van der Waals surface area contributed by atoms with Crippen molar-refractivity contribution in [3.63, 3.8) is 0 Å². The van der Waals surface area contributed by atoms with E-state index in [9.17, 15) is 0 Å². The van der Waals surface area contributed by atoms with Crippen molar-refractivity contribution in [2.24, 2.45) is 0 Å². The van der Waals surface area contributed by atoms with E-state index in [1.54, 1.807) is 6.20 Å². The standard InChI is InChI=1S/C16H10ClN3/c17-15-12-6-5-11(9-10(12)7-8-18-15)16-19-13-3-1-2-4-14(13)20-16/h1-9H,(H,19,20). The second-order valence-electron chi connectivity index (χ2n) is 4.64. The van der Waals surface area contributed by atoms with Gasteiger partial charge < -0.3 is 4.98 Å². The van der Waals surface area contributed by atoms with Crippen LogP contribution in [0.3, 0.4) is 0 Å². The summed E-state index contributed by atoms with van der Waals surface area (Å²) in [6.45, 7) is 0. The molecule has 2 aromatic carbocycles. The number of rotatable bonds is 1. The van der Waals surface area contributed by atoms with Gasteiger partial charge in [-0.1, -0.05) is 35.9 Å². The van der Waals surface area contributed by atoms with E-state index in [0.717, 1.165) is 33.2 Å². The molecule has 0 aliphatic carbocycles. The zero-order chi connectivity index (χ0) is 13.5. The van der Waals surface area contributed by atoms with Gasteiger partial charge in [-0.25, -0.2) is 9.97 Å².